The van der Waals surface area contributed by atoms with Crippen LogP contribution in [0.1, 0.15) is 18.4 Å². The minimum Gasteiger partial charge on any atom is -0.447 e. The van der Waals surface area contributed by atoms with Crippen LogP contribution in [0.25, 0.3) is 0 Å². The van der Waals surface area contributed by atoms with Crippen molar-refractivity contribution in [2.24, 2.45) is 5.73 Å². The number of hydrogen-bond donors (Lipinski definition) is 3. The van der Waals surface area contributed by atoms with E-state index in [1.165, 1.54) is 0 Å². The third-order valence-electron chi connectivity index (χ3n) is 5.53. The number of rotatable bonds is 7. The van der Waals surface area contributed by atoms with Crippen LogP contribution < -0.4 is 16.4 Å². The number of likely N-dealkylation sites (tertiary alicyclic amines) is 1. The van der Waals surface area contributed by atoms with Crippen molar-refractivity contribution in [3.8, 4) is 0 Å². The zero-order chi connectivity index (χ0) is 23.8. The van der Waals surface area contributed by atoms with Crippen LogP contribution in [0, 0.1) is 0 Å². The van der Waals surface area contributed by atoms with Crippen LogP contribution in [0.15, 0.2) is 48.5 Å². The van der Waals surface area contributed by atoms with Gasteiger partial charge in [-0.2, -0.15) is 0 Å². The van der Waals surface area contributed by atoms with Gasteiger partial charge in [-0.15, -0.1) is 0 Å². The fraction of sp³-hybridized carbons (Fsp3) is 0.348. The number of anilines is 1. The van der Waals surface area contributed by atoms with Crippen LogP contribution in [0.5, 0.6) is 0 Å². The van der Waals surface area contributed by atoms with Crippen LogP contribution in [0.4, 0.5) is 10.5 Å². The van der Waals surface area contributed by atoms with Gasteiger partial charge in [-0.1, -0.05) is 41.4 Å². The maximum atomic E-state index is 12.8. The monoisotopic (exact) mass is 492 g/mol. The zero-order valence-corrected chi connectivity index (χ0v) is 19.5. The summed E-state index contributed by atoms with van der Waals surface area (Å²) in [5, 5.41) is 6.71. The lowest BCUT2D eigenvalue weighted by molar-refractivity contribution is -0.132. The summed E-state index contributed by atoms with van der Waals surface area (Å²) < 4.78 is 5.46. The summed E-state index contributed by atoms with van der Waals surface area (Å²) in [5.41, 5.74) is 5.88. The molecule has 0 unspecified atom stereocenters. The van der Waals surface area contributed by atoms with Gasteiger partial charge in [0, 0.05) is 28.8 Å². The molecule has 1 aliphatic rings. The summed E-state index contributed by atoms with van der Waals surface area (Å²) in [6.45, 7) is 0.659. The first-order valence-corrected chi connectivity index (χ1v) is 11.3. The largest absolute Gasteiger partial charge is 0.447 e. The minimum atomic E-state index is -0.818. The van der Waals surface area contributed by atoms with E-state index in [2.05, 4.69) is 10.6 Å². The Morgan fingerprint density at radius 1 is 1.03 bits per heavy atom. The van der Waals surface area contributed by atoms with Crippen molar-refractivity contribution in [1.82, 2.24) is 10.2 Å². The summed E-state index contributed by atoms with van der Waals surface area (Å²) in [5.74, 6) is -0.407. The summed E-state index contributed by atoms with van der Waals surface area (Å²) in [6, 6.07) is 13.7. The normalized spacial score (nSPS) is 14.9. The van der Waals surface area contributed by atoms with Gasteiger partial charge >= 0.3 is 6.09 Å². The molecule has 8 nitrogen and oxygen atoms in total. The Morgan fingerprint density at radius 3 is 2.33 bits per heavy atom. The predicted molar refractivity (Wildman–Crippen MR) is 127 cm³/mol. The fourth-order valence-corrected chi connectivity index (χ4v) is 3.99. The minimum absolute atomic E-state index is 0.0503. The van der Waals surface area contributed by atoms with E-state index in [0.29, 0.717) is 47.2 Å². The van der Waals surface area contributed by atoms with Crippen LogP contribution in [0.2, 0.25) is 10.0 Å². The highest BCUT2D eigenvalue weighted by molar-refractivity contribution is 6.31. The van der Waals surface area contributed by atoms with Crippen molar-refractivity contribution in [2.45, 2.75) is 24.8 Å². The van der Waals surface area contributed by atoms with Crippen molar-refractivity contribution in [1.29, 1.82) is 0 Å². The first-order valence-electron chi connectivity index (χ1n) is 10.5. The Hall–Kier alpha value is -2.81. The summed E-state index contributed by atoms with van der Waals surface area (Å²) in [7, 11) is 0. The third kappa shape index (κ3) is 7.08. The second-order valence-electron chi connectivity index (χ2n) is 7.89. The van der Waals surface area contributed by atoms with Crippen molar-refractivity contribution < 1.29 is 19.1 Å². The molecule has 1 fully saturated rings. The molecule has 0 bridgehead atoms. The molecule has 10 heteroatoms. The lowest BCUT2D eigenvalue weighted by atomic mass is 9.87. The number of carbonyl (C=O) groups excluding carboxylic acids is 3. The molecule has 3 amide bonds. The van der Waals surface area contributed by atoms with Crippen LogP contribution >= 0.6 is 23.2 Å². The molecule has 0 aromatic heterocycles. The van der Waals surface area contributed by atoms with E-state index in [9.17, 15) is 14.4 Å². The molecule has 33 heavy (non-hydrogen) atoms. The smallest absolute Gasteiger partial charge is 0.411 e. The van der Waals surface area contributed by atoms with Gasteiger partial charge in [-0.3, -0.25) is 14.9 Å². The molecule has 2 aromatic carbocycles. The van der Waals surface area contributed by atoms with Gasteiger partial charge in [0.25, 0.3) is 0 Å². The van der Waals surface area contributed by atoms with Crippen molar-refractivity contribution >= 4 is 46.8 Å². The number of benzene rings is 2. The second kappa shape index (κ2) is 11.4. The molecular formula is C23H26Cl2N4O4. The Bertz CT molecular complexity index is 992. The van der Waals surface area contributed by atoms with E-state index in [0.717, 1.165) is 0 Å². The van der Waals surface area contributed by atoms with Crippen LogP contribution in [-0.4, -0.2) is 54.6 Å². The molecule has 1 saturated heterocycles. The number of nitrogens with zero attached hydrogens (tertiary/aromatic N) is 1. The highest BCUT2D eigenvalue weighted by Crippen LogP contribution is 2.24. The molecule has 3 rings (SSSR count). The van der Waals surface area contributed by atoms with E-state index >= 15 is 0 Å². The molecule has 0 saturated carbocycles. The molecule has 0 aliphatic carbocycles. The Morgan fingerprint density at radius 2 is 1.70 bits per heavy atom. The van der Waals surface area contributed by atoms with Gasteiger partial charge in [-0.05, 0) is 48.7 Å². The van der Waals surface area contributed by atoms with Crippen LogP contribution in [-0.2, 0) is 20.7 Å². The Kier molecular flexibility index (Phi) is 8.55. The highest BCUT2D eigenvalue weighted by atomic mass is 35.5. The fourth-order valence-electron chi connectivity index (χ4n) is 3.66. The van der Waals surface area contributed by atoms with E-state index in [4.69, 9.17) is 33.7 Å². The van der Waals surface area contributed by atoms with Gasteiger partial charge in [-0.25, -0.2) is 4.79 Å². The molecule has 2 aromatic rings. The third-order valence-corrected chi connectivity index (χ3v) is 6.15. The predicted octanol–water partition coefficient (Wildman–Crippen LogP) is 3.22. The molecule has 0 spiro atoms. The lowest BCUT2D eigenvalue weighted by Crippen LogP contribution is -2.59. The topological polar surface area (TPSA) is 114 Å². The van der Waals surface area contributed by atoms with E-state index in [-0.39, 0.29) is 31.4 Å². The number of ether oxygens (including phenoxy) is 1. The number of nitrogens with two attached hydrogens (primary N) is 1. The summed E-state index contributed by atoms with van der Waals surface area (Å²) >= 11 is 12.0. The van der Waals surface area contributed by atoms with Gasteiger partial charge in [0.15, 0.2) is 0 Å². The number of piperidine rings is 1. The zero-order valence-electron chi connectivity index (χ0n) is 18.0. The number of amides is 3. The number of carbonyl (C=O) groups is 3. The molecule has 0 radical (unpaired) electrons. The summed E-state index contributed by atoms with van der Waals surface area (Å²) in [6.07, 6.45) is 0.268. The lowest BCUT2D eigenvalue weighted by Gasteiger charge is -2.41. The molecule has 4 N–H and O–H groups in total. The first kappa shape index (κ1) is 24.8. The van der Waals surface area contributed by atoms with Crippen molar-refractivity contribution in [3.05, 3.63) is 64.1 Å². The van der Waals surface area contributed by atoms with Gasteiger partial charge in [0.05, 0.1) is 18.5 Å². The average molecular weight is 493 g/mol. The van der Waals surface area contributed by atoms with Gasteiger partial charge in [0.2, 0.25) is 11.8 Å². The first-order chi connectivity index (χ1) is 15.8. The standard InChI is InChI=1S/C23H26Cl2N4O4/c24-17-5-7-18(8-6-17)27-22(32)33-15-23(9-11-29(12-10-23)21(31)14-26)28-20(30)13-16-3-1-2-4-19(16)25/h1-8H,9-15,26H2,(H,27,32)(H,28,30). The Balaban J connectivity index is 1.65. The molecule has 1 aliphatic heterocycles. The van der Waals surface area contributed by atoms with E-state index in [1.807, 2.05) is 6.07 Å². The second-order valence-corrected chi connectivity index (χ2v) is 8.73. The molecule has 0 atom stereocenters. The molecule has 1 heterocycles. The average Bonchev–Trinajstić information content (AvgIpc) is 2.81. The number of nitrogens with one attached hydrogen (secondary N) is 2. The maximum absolute atomic E-state index is 12.8. The van der Waals surface area contributed by atoms with E-state index < -0.39 is 11.6 Å². The highest BCUT2D eigenvalue weighted by Gasteiger charge is 2.38. The molecular weight excluding hydrogens is 467 g/mol. The SMILES string of the molecule is NCC(=O)N1CCC(COC(=O)Nc2ccc(Cl)cc2)(NC(=O)Cc2ccccc2Cl)CC1. The van der Waals surface area contributed by atoms with Crippen molar-refractivity contribution in [3.63, 3.8) is 0 Å². The van der Waals surface area contributed by atoms with Gasteiger partial charge < -0.3 is 20.7 Å². The van der Waals surface area contributed by atoms with Crippen molar-refractivity contribution in [2.75, 3.05) is 31.6 Å². The van der Waals surface area contributed by atoms with E-state index in [1.54, 1.807) is 47.4 Å². The van der Waals surface area contributed by atoms with Crippen LogP contribution in [0.3, 0.4) is 0 Å². The number of halogens is 2. The maximum Gasteiger partial charge on any atom is 0.411 e. The summed E-state index contributed by atoms with van der Waals surface area (Å²) in [4.78, 5) is 38.8. The quantitative estimate of drug-likeness (QED) is 0.548. The number of hydrogen-bond acceptors (Lipinski definition) is 5. The van der Waals surface area contributed by atoms with Gasteiger partial charge in [0.1, 0.15) is 6.61 Å². The molecule has 176 valence electrons. The Labute approximate surface area is 202 Å².